The summed E-state index contributed by atoms with van der Waals surface area (Å²) in [5, 5.41) is 5.62. The van der Waals surface area contributed by atoms with Crippen LogP contribution in [-0.4, -0.2) is 54.4 Å². The Balaban J connectivity index is 1.85. The normalized spacial score (nSPS) is 17.4. The average molecular weight is 364 g/mol. The number of nitrogens with one attached hydrogen (secondary N) is 2. The molecule has 1 aliphatic rings. The second-order valence-electron chi connectivity index (χ2n) is 7.33. The number of ether oxygens (including phenoxy) is 2. The van der Waals surface area contributed by atoms with Gasteiger partial charge in [-0.3, -0.25) is 0 Å². The highest BCUT2D eigenvalue weighted by Gasteiger charge is 2.25. The smallest absolute Gasteiger partial charge is 0.407 e. The maximum absolute atomic E-state index is 12.5. The van der Waals surface area contributed by atoms with Crippen LogP contribution in [0.5, 0.6) is 5.88 Å². The topological polar surface area (TPSA) is 92.8 Å². The van der Waals surface area contributed by atoms with Crippen LogP contribution in [-0.2, 0) is 4.74 Å². The number of carbonyl (C=O) groups excluding carboxylic acids is 2. The lowest BCUT2D eigenvalue weighted by molar-refractivity contribution is 0.0512. The Morgan fingerprint density at radius 3 is 2.85 bits per heavy atom. The Hall–Kier alpha value is -2.51. The maximum Gasteiger partial charge on any atom is 0.407 e. The third kappa shape index (κ3) is 6.09. The zero-order valence-electron chi connectivity index (χ0n) is 15.9. The van der Waals surface area contributed by atoms with Crippen LogP contribution < -0.4 is 15.4 Å². The van der Waals surface area contributed by atoms with E-state index in [1.807, 2.05) is 20.8 Å². The minimum absolute atomic E-state index is 0.192. The molecule has 0 aromatic carbocycles. The molecule has 144 valence electrons. The first-order chi connectivity index (χ1) is 12.3. The van der Waals surface area contributed by atoms with Gasteiger partial charge in [0.1, 0.15) is 11.3 Å². The molecule has 1 aromatic heterocycles. The van der Waals surface area contributed by atoms with E-state index in [0.29, 0.717) is 31.2 Å². The van der Waals surface area contributed by atoms with Gasteiger partial charge in [0, 0.05) is 25.8 Å². The van der Waals surface area contributed by atoms with Crippen molar-refractivity contribution in [3.8, 4) is 5.88 Å². The van der Waals surface area contributed by atoms with Crippen molar-refractivity contribution >= 4 is 17.8 Å². The Labute approximate surface area is 154 Å². The summed E-state index contributed by atoms with van der Waals surface area (Å²) in [4.78, 5) is 30.1. The Kier molecular flexibility index (Phi) is 6.65. The number of hydrogen-bond donors (Lipinski definition) is 2. The van der Waals surface area contributed by atoms with Gasteiger partial charge in [-0.2, -0.15) is 0 Å². The van der Waals surface area contributed by atoms with Crippen molar-refractivity contribution in [2.75, 3.05) is 32.1 Å². The molecule has 1 atom stereocenters. The van der Waals surface area contributed by atoms with E-state index in [9.17, 15) is 9.59 Å². The third-order valence-electron chi connectivity index (χ3n) is 3.95. The number of methoxy groups -OCH3 is 1. The highest BCUT2D eigenvalue weighted by Crippen LogP contribution is 2.22. The van der Waals surface area contributed by atoms with Crippen LogP contribution in [0, 0.1) is 5.92 Å². The van der Waals surface area contributed by atoms with Crippen LogP contribution in [0.15, 0.2) is 18.3 Å². The summed E-state index contributed by atoms with van der Waals surface area (Å²) < 4.78 is 10.4. The van der Waals surface area contributed by atoms with E-state index in [1.54, 1.807) is 23.2 Å². The number of anilines is 1. The van der Waals surface area contributed by atoms with Crippen LogP contribution in [0.1, 0.15) is 33.6 Å². The lowest BCUT2D eigenvalue weighted by atomic mass is 9.98. The van der Waals surface area contributed by atoms with Gasteiger partial charge in [0.15, 0.2) is 0 Å². The van der Waals surface area contributed by atoms with Crippen LogP contribution >= 0.6 is 0 Å². The van der Waals surface area contributed by atoms with Crippen molar-refractivity contribution in [3.63, 3.8) is 0 Å². The summed E-state index contributed by atoms with van der Waals surface area (Å²) >= 11 is 0. The molecule has 0 bridgehead atoms. The van der Waals surface area contributed by atoms with Crippen molar-refractivity contribution in [3.05, 3.63) is 18.3 Å². The van der Waals surface area contributed by atoms with Gasteiger partial charge in [-0.05, 0) is 51.7 Å². The monoisotopic (exact) mass is 364 g/mol. The van der Waals surface area contributed by atoms with Gasteiger partial charge in [0.25, 0.3) is 0 Å². The number of piperidine rings is 1. The van der Waals surface area contributed by atoms with Gasteiger partial charge in [-0.25, -0.2) is 14.6 Å². The van der Waals surface area contributed by atoms with Gasteiger partial charge in [-0.1, -0.05) is 0 Å². The number of likely N-dealkylation sites (tertiary alicyclic amines) is 1. The molecule has 0 aliphatic carbocycles. The number of carbonyl (C=O) groups is 2. The first-order valence-electron chi connectivity index (χ1n) is 8.80. The minimum Gasteiger partial charge on any atom is -0.480 e. The number of pyridine rings is 1. The second kappa shape index (κ2) is 8.73. The summed E-state index contributed by atoms with van der Waals surface area (Å²) in [6, 6.07) is 3.29. The number of urea groups is 1. The van der Waals surface area contributed by atoms with Crippen LogP contribution in [0.25, 0.3) is 0 Å². The molecule has 3 amide bonds. The summed E-state index contributed by atoms with van der Waals surface area (Å²) in [5.74, 6) is 0.568. The fourth-order valence-electron chi connectivity index (χ4n) is 2.80. The standard InChI is InChI=1S/C18H28N4O4/c1-18(2,3)26-17(24)20-11-13-7-6-10-22(12-13)16(23)21-14-8-5-9-19-15(14)25-4/h5,8-9,13H,6-7,10-12H2,1-4H3,(H,20,24)(H,21,23). The van der Waals surface area contributed by atoms with Gasteiger partial charge in [0.05, 0.1) is 7.11 Å². The molecule has 2 rings (SSSR count). The van der Waals surface area contributed by atoms with E-state index in [1.165, 1.54) is 7.11 Å². The molecule has 1 unspecified atom stereocenters. The predicted molar refractivity (Wildman–Crippen MR) is 98.3 cm³/mol. The zero-order valence-corrected chi connectivity index (χ0v) is 15.9. The molecule has 0 saturated carbocycles. The molecule has 0 radical (unpaired) electrons. The zero-order chi connectivity index (χ0) is 19.2. The van der Waals surface area contributed by atoms with E-state index in [0.717, 1.165) is 12.8 Å². The Bertz CT molecular complexity index is 630. The van der Waals surface area contributed by atoms with Gasteiger partial charge in [-0.15, -0.1) is 0 Å². The molecular formula is C18H28N4O4. The number of nitrogens with zero attached hydrogens (tertiary/aromatic N) is 2. The first kappa shape index (κ1) is 19.8. The molecule has 2 heterocycles. The van der Waals surface area contributed by atoms with Gasteiger partial charge < -0.3 is 25.0 Å². The molecule has 1 aliphatic heterocycles. The summed E-state index contributed by atoms with van der Waals surface area (Å²) in [7, 11) is 1.51. The summed E-state index contributed by atoms with van der Waals surface area (Å²) in [6.07, 6.45) is 3.01. The molecule has 26 heavy (non-hydrogen) atoms. The number of aromatic nitrogens is 1. The van der Waals surface area contributed by atoms with E-state index < -0.39 is 11.7 Å². The van der Waals surface area contributed by atoms with Crippen molar-refractivity contribution in [2.24, 2.45) is 5.92 Å². The minimum atomic E-state index is -0.522. The first-order valence-corrected chi connectivity index (χ1v) is 8.80. The SMILES string of the molecule is COc1ncccc1NC(=O)N1CCCC(CNC(=O)OC(C)(C)C)C1. The third-order valence-corrected chi connectivity index (χ3v) is 3.95. The quantitative estimate of drug-likeness (QED) is 0.857. The predicted octanol–water partition coefficient (Wildman–Crippen LogP) is 2.86. The van der Waals surface area contributed by atoms with Crippen LogP contribution in [0.3, 0.4) is 0 Å². The van der Waals surface area contributed by atoms with Crippen molar-refractivity contribution in [1.82, 2.24) is 15.2 Å². The van der Waals surface area contributed by atoms with Gasteiger partial charge in [0.2, 0.25) is 5.88 Å². The summed E-state index contributed by atoms with van der Waals surface area (Å²) in [6.45, 7) is 7.21. The highest BCUT2D eigenvalue weighted by molar-refractivity contribution is 5.90. The Morgan fingerprint density at radius 2 is 2.15 bits per heavy atom. The maximum atomic E-state index is 12.5. The van der Waals surface area contributed by atoms with E-state index in [-0.39, 0.29) is 11.9 Å². The highest BCUT2D eigenvalue weighted by atomic mass is 16.6. The second-order valence-corrected chi connectivity index (χ2v) is 7.33. The molecule has 1 aromatic rings. The molecular weight excluding hydrogens is 336 g/mol. The lowest BCUT2D eigenvalue weighted by Crippen LogP contribution is -2.45. The molecule has 8 nitrogen and oxygen atoms in total. The summed E-state index contributed by atoms with van der Waals surface area (Å²) in [5.41, 5.74) is 0.0136. The van der Waals surface area contributed by atoms with Crippen molar-refractivity contribution < 1.29 is 19.1 Å². The van der Waals surface area contributed by atoms with E-state index in [4.69, 9.17) is 9.47 Å². The molecule has 2 N–H and O–H groups in total. The van der Waals surface area contributed by atoms with Crippen LogP contribution in [0.2, 0.25) is 0 Å². The van der Waals surface area contributed by atoms with E-state index >= 15 is 0 Å². The molecule has 0 spiro atoms. The number of rotatable bonds is 4. The largest absolute Gasteiger partial charge is 0.480 e. The van der Waals surface area contributed by atoms with Crippen molar-refractivity contribution in [1.29, 1.82) is 0 Å². The molecule has 8 heteroatoms. The lowest BCUT2D eigenvalue weighted by Gasteiger charge is -2.33. The van der Waals surface area contributed by atoms with Gasteiger partial charge >= 0.3 is 12.1 Å². The van der Waals surface area contributed by atoms with E-state index in [2.05, 4.69) is 15.6 Å². The van der Waals surface area contributed by atoms with Crippen LogP contribution in [0.4, 0.5) is 15.3 Å². The number of hydrogen-bond acceptors (Lipinski definition) is 5. The van der Waals surface area contributed by atoms with Crippen molar-refractivity contribution in [2.45, 2.75) is 39.2 Å². The molecule has 1 fully saturated rings. The number of alkyl carbamates (subject to hydrolysis) is 1. The molecule has 1 saturated heterocycles. The average Bonchev–Trinajstić information content (AvgIpc) is 2.59. The fourth-order valence-corrected chi connectivity index (χ4v) is 2.80. The Morgan fingerprint density at radius 1 is 1.38 bits per heavy atom. The fraction of sp³-hybridized carbons (Fsp3) is 0.611. The number of amides is 3.